The van der Waals surface area contributed by atoms with Gasteiger partial charge in [-0.25, -0.2) is 9.48 Å². The van der Waals surface area contributed by atoms with Crippen molar-refractivity contribution in [3.63, 3.8) is 0 Å². The van der Waals surface area contributed by atoms with E-state index < -0.39 is 0 Å². The molecule has 0 fully saturated rings. The number of ether oxygens (including phenoxy) is 1. The maximum atomic E-state index is 12.5. The molecule has 2 heterocycles. The normalized spacial score (nSPS) is 14.0. The minimum Gasteiger partial charge on any atom is -0.377 e. The summed E-state index contributed by atoms with van der Waals surface area (Å²) in [6, 6.07) is 7.29. The van der Waals surface area contributed by atoms with E-state index in [0.717, 1.165) is 36.4 Å². The number of aromatic nitrogens is 2. The number of likely N-dealkylation sites (N-methyl/N-ethyl adjacent to an activating group) is 1. The van der Waals surface area contributed by atoms with Gasteiger partial charge in [0.1, 0.15) is 0 Å². The van der Waals surface area contributed by atoms with E-state index in [9.17, 15) is 4.79 Å². The Morgan fingerprint density at radius 1 is 1.38 bits per heavy atom. The van der Waals surface area contributed by atoms with Crippen molar-refractivity contribution in [3.8, 4) is 5.69 Å². The maximum absolute atomic E-state index is 12.5. The van der Waals surface area contributed by atoms with Crippen LogP contribution in [-0.4, -0.2) is 47.5 Å². The quantitative estimate of drug-likeness (QED) is 0.807. The average molecular weight is 375 g/mol. The molecule has 0 saturated heterocycles. The maximum Gasteiger partial charge on any atom is 0.321 e. The van der Waals surface area contributed by atoms with Gasteiger partial charge in [0.25, 0.3) is 0 Å². The number of halogens is 1. The van der Waals surface area contributed by atoms with Crippen molar-refractivity contribution >= 4 is 23.3 Å². The molecule has 1 aliphatic heterocycles. The zero-order chi connectivity index (χ0) is 18.5. The average Bonchev–Trinajstić information content (AvgIpc) is 3.05. The van der Waals surface area contributed by atoms with Gasteiger partial charge in [0, 0.05) is 18.6 Å². The van der Waals surface area contributed by atoms with E-state index >= 15 is 0 Å². The second-order valence-corrected chi connectivity index (χ2v) is 6.67. The van der Waals surface area contributed by atoms with Gasteiger partial charge in [-0.05, 0) is 42.7 Å². The zero-order valence-electron chi connectivity index (χ0n) is 15.0. The second kappa shape index (κ2) is 8.38. The largest absolute Gasteiger partial charge is 0.377 e. The van der Waals surface area contributed by atoms with Crippen LogP contribution >= 0.6 is 11.6 Å². The van der Waals surface area contributed by atoms with E-state index in [1.165, 1.54) is 0 Å². The van der Waals surface area contributed by atoms with Crippen LogP contribution < -0.4 is 5.32 Å². The first kappa shape index (κ1) is 18.5. The number of benzene rings is 1. The highest BCUT2D eigenvalue weighted by atomic mass is 35.5. The van der Waals surface area contributed by atoms with Gasteiger partial charge in [-0.3, -0.25) is 0 Å². The molecule has 2 aromatic rings. The molecular formula is C19H23ClN4O2. The topological polar surface area (TPSA) is 59.4 Å². The fourth-order valence-electron chi connectivity index (χ4n) is 2.93. The van der Waals surface area contributed by atoms with E-state index in [-0.39, 0.29) is 6.03 Å². The third-order valence-electron chi connectivity index (χ3n) is 4.29. The van der Waals surface area contributed by atoms with Crippen molar-refractivity contribution in [2.45, 2.75) is 19.8 Å². The van der Waals surface area contributed by atoms with Crippen LogP contribution in [0.15, 0.2) is 42.1 Å². The van der Waals surface area contributed by atoms with E-state index in [0.29, 0.717) is 23.9 Å². The Bertz CT molecular complexity index is 798. The van der Waals surface area contributed by atoms with Gasteiger partial charge in [-0.15, -0.1) is 0 Å². The number of carbonyl (C=O) groups is 1. The first-order valence-electron chi connectivity index (χ1n) is 8.69. The van der Waals surface area contributed by atoms with Crippen LogP contribution in [0.4, 0.5) is 10.5 Å². The summed E-state index contributed by atoms with van der Waals surface area (Å²) >= 11 is 5.96. The molecule has 0 aliphatic carbocycles. The summed E-state index contributed by atoms with van der Waals surface area (Å²) in [6.07, 6.45) is 5.46. The van der Waals surface area contributed by atoms with Gasteiger partial charge < -0.3 is 15.0 Å². The van der Waals surface area contributed by atoms with Gasteiger partial charge in [-0.2, -0.15) is 5.10 Å². The highest BCUT2D eigenvalue weighted by Gasteiger charge is 2.17. The van der Waals surface area contributed by atoms with Crippen LogP contribution in [0.25, 0.3) is 5.69 Å². The lowest BCUT2D eigenvalue weighted by molar-refractivity contribution is 0.145. The van der Waals surface area contributed by atoms with Gasteiger partial charge in [0.05, 0.1) is 36.5 Å². The van der Waals surface area contributed by atoms with Crippen LogP contribution in [0.2, 0.25) is 5.02 Å². The Morgan fingerprint density at radius 2 is 2.15 bits per heavy atom. The first-order chi connectivity index (χ1) is 12.6. The lowest BCUT2D eigenvalue weighted by Crippen LogP contribution is -2.34. The Kier molecular flexibility index (Phi) is 5.96. The molecule has 0 radical (unpaired) electrons. The summed E-state index contributed by atoms with van der Waals surface area (Å²) in [7, 11) is 1.78. The number of anilines is 1. The van der Waals surface area contributed by atoms with Gasteiger partial charge in [-0.1, -0.05) is 24.6 Å². The minimum atomic E-state index is -0.165. The highest BCUT2D eigenvalue weighted by molar-refractivity contribution is 6.30. The number of rotatable bonds is 5. The molecule has 1 aromatic carbocycles. The van der Waals surface area contributed by atoms with Crippen molar-refractivity contribution in [1.82, 2.24) is 14.7 Å². The summed E-state index contributed by atoms with van der Waals surface area (Å²) in [6.45, 7) is 3.93. The smallest absolute Gasteiger partial charge is 0.321 e. The van der Waals surface area contributed by atoms with Crippen molar-refractivity contribution in [2.75, 3.05) is 32.1 Å². The minimum absolute atomic E-state index is 0.165. The molecular weight excluding hydrogens is 352 g/mol. The summed E-state index contributed by atoms with van der Waals surface area (Å²) in [5.41, 5.74) is 3.69. The number of urea groups is 1. The molecule has 1 aliphatic rings. The molecule has 6 nitrogen and oxygen atoms in total. The third kappa shape index (κ3) is 4.26. The number of amides is 2. The van der Waals surface area contributed by atoms with E-state index in [2.05, 4.69) is 16.5 Å². The molecule has 1 aromatic heterocycles. The molecule has 7 heteroatoms. The number of carbonyl (C=O) groups excluding carboxylic acids is 1. The Labute approximate surface area is 158 Å². The summed E-state index contributed by atoms with van der Waals surface area (Å²) < 4.78 is 7.25. The summed E-state index contributed by atoms with van der Waals surface area (Å²) in [4.78, 5) is 14.2. The summed E-state index contributed by atoms with van der Waals surface area (Å²) in [5, 5.41) is 8.06. The molecule has 0 spiro atoms. The third-order valence-corrected chi connectivity index (χ3v) is 4.54. The van der Waals surface area contributed by atoms with Crippen molar-refractivity contribution in [2.24, 2.45) is 0 Å². The Balaban J connectivity index is 1.72. The number of hydrogen-bond donors (Lipinski definition) is 1. The Hall–Kier alpha value is -2.31. The number of nitrogens with one attached hydrogen (secondary N) is 1. The number of hydrogen-bond acceptors (Lipinski definition) is 3. The fourth-order valence-corrected chi connectivity index (χ4v) is 3.06. The first-order valence-corrected chi connectivity index (χ1v) is 9.07. The molecule has 1 N–H and O–H groups in total. The van der Waals surface area contributed by atoms with Gasteiger partial charge >= 0.3 is 6.03 Å². The highest BCUT2D eigenvalue weighted by Crippen LogP contribution is 2.22. The SMILES string of the molecule is CCc1c(NC(=O)N(C)CC2=CCCOC2)cnn1-c1ccc(Cl)cc1. The lowest BCUT2D eigenvalue weighted by atomic mass is 10.2. The van der Waals surface area contributed by atoms with E-state index in [1.54, 1.807) is 18.1 Å². The molecule has 26 heavy (non-hydrogen) atoms. The van der Waals surface area contributed by atoms with Crippen molar-refractivity contribution in [1.29, 1.82) is 0 Å². The lowest BCUT2D eigenvalue weighted by Gasteiger charge is -2.21. The standard InChI is InChI=1S/C19H23ClN4O2/c1-3-18-17(11-21-24(18)16-8-6-15(20)7-9-16)22-19(25)23(2)12-14-5-4-10-26-13-14/h5-9,11H,3-4,10,12-13H2,1-2H3,(H,22,25). The van der Waals surface area contributed by atoms with Crippen LogP contribution in [0.1, 0.15) is 19.0 Å². The van der Waals surface area contributed by atoms with Crippen molar-refractivity contribution in [3.05, 3.63) is 52.8 Å². The molecule has 0 atom stereocenters. The second-order valence-electron chi connectivity index (χ2n) is 6.24. The fraction of sp³-hybridized carbons (Fsp3) is 0.368. The van der Waals surface area contributed by atoms with Crippen molar-refractivity contribution < 1.29 is 9.53 Å². The van der Waals surface area contributed by atoms with Crippen LogP contribution in [0.5, 0.6) is 0 Å². The Morgan fingerprint density at radius 3 is 2.81 bits per heavy atom. The summed E-state index contributed by atoms with van der Waals surface area (Å²) in [5.74, 6) is 0. The molecule has 0 saturated carbocycles. The van der Waals surface area contributed by atoms with Crippen LogP contribution in [0.3, 0.4) is 0 Å². The molecule has 0 unspecified atom stereocenters. The van der Waals surface area contributed by atoms with E-state index in [4.69, 9.17) is 16.3 Å². The molecule has 138 valence electrons. The van der Waals surface area contributed by atoms with Crippen LogP contribution in [-0.2, 0) is 11.2 Å². The molecule has 2 amide bonds. The van der Waals surface area contributed by atoms with Gasteiger partial charge in [0.2, 0.25) is 0 Å². The predicted octanol–water partition coefficient (Wildman–Crippen LogP) is 3.90. The zero-order valence-corrected chi connectivity index (χ0v) is 15.8. The van der Waals surface area contributed by atoms with E-state index in [1.807, 2.05) is 35.9 Å². The molecule has 3 rings (SSSR count). The molecule has 0 bridgehead atoms. The van der Waals surface area contributed by atoms with Crippen LogP contribution in [0, 0.1) is 0 Å². The predicted molar refractivity (Wildman–Crippen MR) is 103 cm³/mol. The van der Waals surface area contributed by atoms with Gasteiger partial charge in [0.15, 0.2) is 0 Å². The monoisotopic (exact) mass is 374 g/mol. The number of nitrogens with zero attached hydrogens (tertiary/aromatic N) is 3.